The molecule has 112 valence electrons. The molecule has 2 aromatic carbocycles. The van der Waals surface area contributed by atoms with Gasteiger partial charge >= 0.3 is 0 Å². The zero-order chi connectivity index (χ0) is 15.4. The first-order valence-electron chi connectivity index (χ1n) is 6.61. The molecular weight excluding hydrogens is 357 g/mol. The minimum atomic E-state index is -0.555. The third-order valence-electron chi connectivity index (χ3n) is 2.87. The van der Waals surface area contributed by atoms with E-state index in [9.17, 15) is 4.39 Å². The maximum absolute atomic E-state index is 13.8. The van der Waals surface area contributed by atoms with Crippen LogP contribution < -0.4 is 10.1 Å². The highest BCUT2D eigenvalue weighted by Gasteiger charge is 2.09. The van der Waals surface area contributed by atoms with Gasteiger partial charge < -0.3 is 10.1 Å². The Morgan fingerprint density at radius 3 is 2.71 bits per heavy atom. The molecule has 0 unspecified atom stereocenters. The summed E-state index contributed by atoms with van der Waals surface area (Å²) in [5.74, 6) is 0.111. The lowest BCUT2D eigenvalue weighted by Gasteiger charge is -2.12. The predicted octanol–water partition coefficient (Wildman–Crippen LogP) is 5.53. The quantitative estimate of drug-likeness (QED) is 0.745. The number of nitrogens with one attached hydrogen (secondary N) is 1. The molecule has 0 saturated heterocycles. The summed E-state index contributed by atoms with van der Waals surface area (Å²) >= 11 is 9.24. The van der Waals surface area contributed by atoms with Crippen LogP contribution in [0.25, 0.3) is 0 Å². The average molecular weight is 373 g/mol. The van der Waals surface area contributed by atoms with Crippen molar-refractivity contribution >= 4 is 27.5 Å². The fourth-order valence-corrected chi connectivity index (χ4v) is 2.40. The van der Waals surface area contributed by atoms with Gasteiger partial charge in [-0.15, -0.1) is 0 Å². The molecule has 2 aromatic rings. The molecule has 1 N–H and O–H groups in total. The first kappa shape index (κ1) is 16.3. The van der Waals surface area contributed by atoms with Crippen LogP contribution in [-0.2, 0) is 6.54 Å². The topological polar surface area (TPSA) is 21.3 Å². The maximum atomic E-state index is 13.8. The van der Waals surface area contributed by atoms with Gasteiger partial charge in [-0.1, -0.05) is 53.5 Å². The summed E-state index contributed by atoms with van der Waals surface area (Å²) < 4.78 is 20.3. The second-order valence-electron chi connectivity index (χ2n) is 4.94. The van der Waals surface area contributed by atoms with Crippen LogP contribution >= 0.6 is 27.5 Å². The largest absolute Gasteiger partial charge is 0.454 e. The highest BCUT2D eigenvalue weighted by molar-refractivity contribution is 9.10. The number of hydrogen-bond acceptors (Lipinski definition) is 2. The fourth-order valence-electron chi connectivity index (χ4n) is 1.74. The van der Waals surface area contributed by atoms with Crippen LogP contribution in [0.5, 0.6) is 11.5 Å². The molecule has 0 bridgehead atoms. The number of ether oxygens (including phenoxy) is 1. The van der Waals surface area contributed by atoms with E-state index in [4.69, 9.17) is 16.3 Å². The molecule has 0 aliphatic rings. The Morgan fingerprint density at radius 1 is 1.29 bits per heavy atom. The van der Waals surface area contributed by atoms with Gasteiger partial charge in [-0.25, -0.2) is 4.39 Å². The van der Waals surface area contributed by atoms with Crippen LogP contribution in [0, 0.1) is 5.82 Å². The van der Waals surface area contributed by atoms with E-state index in [0.29, 0.717) is 11.8 Å². The summed E-state index contributed by atoms with van der Waals surface area (Å²) in [6, 6.07) is 10.7. The molecule has 0 amide bonds. The Bertz CT molecular complexity index is 634. The van der Waals surface area contributed by atoms with Crippen LogP contribution in [0.2, 0.25) is 5.02 Å². The van der Waals surface area contributed by atoms with Crippen molar-refractivity contribution in [1.82, 2.24) is 5.32 Å². The Kier molecular flexibility index (Phi) is 5.62. The maximum Gasteiger partial charge on any atom is 0.184 e. The number of halogens is 3. The van der Waals surface area contributed by atoms with Crippen molar-refractivity contribution in [3.63, 3.8) is 0 Å². The average Bonchev–Trinajstić information content (AvgIpc) is 2.43. The molecule has 21 heavy (non-hydrogen) atoms. The standard InChI is InChI=1S/C16H16BrClFNO/c1-10(2)20-9-11-6-7-12(8-13(11)17)21-15-5-3-4-14(18)16(15)19/h3-8,10,20H,9H2,1-2H3. The minimum Gasteiger partial charge on any atom is -0.454 e. The van der Waals surface area contributed by atoms with E-state index in [-0.39, 0.29) is 10.8 Å². The normalized spacial score (nSPS) is 11.0. The SMILES string of the molecule is CC(C)NCc1ccc(Oc2cccc(Cl)c2F)cc1Br. The molecule has 0 aliphatic carbocycles. The monoisotopic (exact) mass is 371 g/mol. The molecule has 2 rings (SSSR count). The van der Waals surface area contributed by atoms with E-state index in [1.54, 1.807) is 12.1 Å². The zero-order valence-corrected chi connectivity index (χ0v) is 14.1. The number of hydrogen-bond donors (Lipinski definition) is 1. The number of benzene rings is 2. The van der Waals surface area contributed by atoms with E-state index >= 15 is 0 Å². The lowest BCUT2D eigenvalue weighted by molar-refractivity contribution is 0.442. The van der Waals surface area contributed by atoms with Crippen molar-refractivity contribution in [2.45, 2.75) is 26.4 Å². The van der Waals surface area contributed by atoms with E-state index in [2.05, 4.69) is 35.1 Å². The molecule has 2 nitrogen and oxygen atoms in total. The van der Waals surface area contributed by atoms with Gasteiger partial charge in [-0.2, -0.15) is 0 Å². The van der Waals surface area contributed by atoms with E-state index < -0.39 is 5.82 Å². The van der Waals surface area contributed by atoms with Crippen molar-refractivity contribution in [2.24, 2.45) is 0 Å². The summed E-state index contributed by atoms with van der Waals surface area (Å²) in [6.07, 6.45) is 0. The Labute approximate surface area is 137 Å². The van der Waals surface area contributed by atoms with Crippen molar-refractivity contribution in [3.05, 3.63) is 57.3 Å². The Hall–Kier alpha value is -1.10. The molecule has 5 heteroatoms. The van der Waals surface area contributed by atoms with Gasteiger partial charge in [0.15, 0.2) is 11.6 Å². The summed E-state index contributed by atoms with van der Waals surface area (Å²) in [5, 5.41) is 3.39. The predicted molar refractivity (Wildman–Crippen MR) is 87.6 cm³/mol. The molecule has 0 heterocycles. The van der Waals surface area contributed by atoms with Gasteiger partial charge in [0.2, 0.25) is 0 Å². The van der Waals surface area contributed by atoms with E-state index in [1.165, 1.54) is 6.07 Å². The van der Waals surface area contributed by atoms with Gasteiger partial charge in [0.05, 0.1) is 5.02 Å². The van der Waals surface area contributed by atoms with Crippen molar-refractivity contribution in [1.29, 1.82) is 0 Å². The molecule has 0 spiro atoms. The van der Waals surface area contributed by atoms with Crippen LogP contribution in [0.1, 0.15) is 19.4 Å². The van der Waals surface area contributed by atoms with Crippen LogP contribution in [0.4, 0.5) is 4.39 Å². The molecule has 0 fully saturated rings. The highest BCUT2D eigenvalue weighted by Crippen LogP contribution is 2.31. The van der Waals surface area contributed by atoms with Crippen molar-refractivity contribution < 1.29 is 9.13 Å². The first-order valence-corrected chi connectivity index (χ1v) is 7.78. The fraction of sp³-hybridized carbons (Fsp3) is 0.250. The summed E-state index contributed by atoms with van der Waals surface area (Å²) in [7, 11) is 0. The lowest BCUT2D eigenvalue weighted by Crippen LogP contribution is -2.21. The summed E-state index contributed by atoms with van der Waals surface area (Å²) in [4.78, 5) is 0. The van der Waals surface area contributed by atoms with Gasteiger partial charge in [-0.05, 0) is 29.8 Å². The van der Waals surface area contributed by atoms with Crippen LogP contribution in [0.15, 0.2) is 40.9 Å². The van der Waals surface area contributed by atoms with Crippen molar-refractivity contribution in [2.75, 3.05) is 0 Å². The molecule has 0 radical (unpaired) electrons. The summed E-state index contributed by atoms with van der Waals surface area (Å²) in [6.45, 7) is 4.94. The number of rotatable bonds is 5. The Balaban J connectivity index is 2.15. The molecule has 0 aromatic heterocycles. The smallest absolute Gasteiger partial charge is 0.184 e. The third kappa shape index (κ3) is 4.43. The van der Waals surface area contributed by atoms with Crippen molar-refractivity contribution in [3.8, 4) is 11.5 Å². The zero-order valence-electron chi connectivity index (χ0n) is 11.8. The van der Waals surface area contributed by atoms with E-state index in [1.807, 2.05) is 18.2 Å². The van der Waals surface area contributed by atoms with E-state index in [0.717, 1.165) is 16.6 Å². The molecular formula is C16H16BrClFNO. The van der Waals surface area contributed by atoms with Gasteiger partial charge in [0.1, 0.15) is 5.75 Å². The summed E-state index contributed by atoms with van der Waals surface area (Å²) in [5.41, 5.74) is 1.11. The first-order chi connectivity index (χ1) is 9.97. The minimum absolute atomic E-state index is 0.0457. The van der Waals surface area contributed by atoms with Crippen LogP contribution in [-0.4, -0.2) is 6.04 Å². The molecule has 0 atom stereocenters. The second kappa shape index (κ2) is 7.25. The van der Waals surface area contributed by atoms with Crippen LogP contribution in [0.3, 0.4) is 0 Å². The molecule has 0 aliphatic heterocycles. The van der Waals surface area contributed by atoms with Gasteiger partial charge in [0, 0.05) is 17.1 Å². The molecule has 0 saturated carbocycles. The third-order valence-corrected chi connectivity index (χ3v) is 3.90. The Morgan fingerprint density at radius 2 is 2.05 bits per heavy atom. The second-order valence-corrected chi connectivity index (χ2v) is 6.20. The van der Waals surface area contributed by atoms with Gasteiger partial charge in [-0.3, -0.25) is 0 Å². The van der Waals surface area contributed by atoms with Gasteiger partial charge in [0.25, 0.3) is 0 Å². The lowest BCUT2D eigenvalue weighted by atomic mass is 10.2. The highest BCUT2D eigenvalue weighted by atomic mass is 79.9.